The molecule has 0 atom stereocenters. The number of hydrogen-bond acceptors (Lipinski definition) is 6. The smallest absolute Gasteiger partial charge is 0.263 e. The summed E-state index contributed by atoms with van der Waals surface area (Å²) < 4.78 is 0. The summed E-state index contributed by atoms with van der Waals surface area (Å²) in [5.41, 5.74) is 13.9. The maximum atomic E-state index is 12.9. The molecular formula is C28H31N5OS. The minimum absolute atomic E-state index is 0.139. The number of pyridine rings is 1. The number of anilines is 2. The van der Waals surface area contributed by atoms with Gasteiger partial charge < -0.3 is 21.3 Å². The van der Waals surface area contributed by atoms with E-state index in [1.54, 1.807) is 0 Å². The quantitative estimate of drug-likeness (QED) is 0.373. The summed E-state index contributed by atoms with van der Waals surface area (Å²) in [5, 5.41) is 7.33. The molecular weight excluding hydrogens is 454 g/mol. The third-order valence-electron chi connectivity index (χ3n) is 6.52. The fourth-order valence-corrected chi connectivity index (χ4v) is 5.60. The third kappa shape index (κ3) is 5.01. The molecule has 1 amide bonds. The normalized spacial score (nSPS) is 13.8. The van der Waals surface area contributed by atoms with E-state index in [0.29, 0.717) is 17.1 Å². The predicted molar refractivity (Wildman–Crippen MR) is 147 cm³/mol. The number of rotatable bonds is 6. The number of carbonyl (C=O) groups excluding carboxylic acids is 1. The van der Waals surface area contributed by atoms with Gasteiger partial charge in [-0.2, -0.15) is 0 Å². The van der Waals surface area contributed by atoms with Crippen molar-refractivity contribution in [2.24, 2.45) is 0 Å². The van der Waals surface area contributed by atoms with Crippen LogP contribution in [0.25, 0.3) is 21.3 Å². The number of hydrogen-bond donors (Lipinski definition) is 3. The van der Waals surface area contributed by atoms with Gasteiger partial charge in [-0.3, -0.25) is 4.79 Å². The minimum Gasteiger partial charge on any atom is -0.397 e. The number of thiophene rings is 1. The molecule has 35 heavy (non-hydrogen) atoms. The van der Waals surface area contributed by atoms with Gasteiger partial charge in [0.1, 0.15) is 9.71 Å². The largest absolute Gasteiger partial charge is 0.397 e. The summed E-state index contributed by atoms with van der Waals surface area (Å²) >= 11 is 1.35. The molecule has 7 heteroatoms. The van der Waals surface area contributed by atoms with Gasteiger partial charge in [-0.1, -0.05) is 35.9 Å². The Hall–Kier alpha value is -3.42. The van der Waals surface area contributed by atoms with Gasteiger partial charge in [0, 0.05) is 55.1 Å². The number of nitrogen functional groups attached to an aromatic ring is 1. The fraction of sp³-hybridized carbons (Fsp3) is 0.286. The van der Waals surface area contributed by atoms with E-state index >= 15 is 0 Å². The molecule has 0 radical (unpaired) electrons. The molecule has 4 aromatic rings. The van der Waals surface area contributed by atoms with Gasteiger partial charge in [0.2, 0.25) is 0 Å². The summed E-state index contributed by atoms with van der Waals surface area (Å²) in [5.74, 6) is -0.139. The zero-order valence-electron chi connectivity index (χ0n) is 20.2. The molecule has 0 spiro atoms. The second-order valence-electron chi connectivity index (χ2n) is 9.11. The predicted octanol–water partition coefficient (Wildman–Crippen LogP) is 4.54. The zero-order chi connectivity index (χ0) is 24.4. The molecule has 180 valence electrons. The highest BCUT2D eigenvalue weighted by Gasteiger charge is 2.18. The number of fused-ring (bicyclic) bond motifs is 1. The maximum Gasteiger partial charge on any atom is 0.263 e. The number of nitrogens with zero attached hydrogens (tertiary/aromatic N) is 2. The molecule has 4 N–H and O–H groups in total. The second-order valence-corrected chi connectivity index (χ2v) is 10.1. The van der Waals surface area contributed by atoms with E-state index in [1.807, 2.05) is 19.1 Å². The molecule has 1 aliphatic rings. The highest BCUT2D eigenvalue weighted by Crippen LogP contribution is 2.34. The maximum absolute atomic E-state index is 12.9. The Kier molecular flexibility index (Phi) is 6.70. The molecule has 2 aromatic carbocycles. The van der Waals surface area contributed by atoms with Crippen LogP contribution in [0.3, 0.4) is 0 Å². The number of aromatic nitrogens is 1. The van der Waals surface area contributed by atoms with Crippen LogP contribution in [0.15, 0.2) is 54.6 Å². The lowest BCUT2D eigenvalue weighted by Crippen LogP contribution is -2.43. The fourth-order valence-electron chi connectivity index (χ4n) is 4.54. The lowest BCUT2D eigenvalue weighted by Gasteiger charge is -2.31. The standard InChI is InChI=1S/C28H31N5OS/c1-18-3-7-21(8-4-18)23-17-20(6-10-24(23)33-15-13-30-14-16-33)11-12-31-27(34)26-25(29)22-9-5-19(2)32-28(22)35-26/h3-10,17,30H,11-16,29H2,1-2H3,(H,31,34). The van der Waals surface area contributed by atoms with Crippen LogP contribution < -0.4 is 21.3 Å². The van der Waals surface area contributed by atoms with Crippen molar-refractivity contribution in [2.75, 3.05) is 43.4 Å². The van der Waals surface area contributed by atoms with Crippen LogP contribution in [0.1, 0.15) is 26.5 Å². The van der Waals surface area contributed by atoms with Gasteiger partial charge in [-0.25, -0.2) is 4.98 Å². The Labute approximate surface area is 210 Å². The van der Waals surface area contributed by atoms with Crippen LogP contribution in [0, 0.1) is 13.8 Å². The summed E-state index contributed by atoms with van der Waals surface area (Å²) in [7, 11) is 0. The van der Waals surface area contributed by atoms with E-state index in [2.05, 4.69) is 69.9 Å². The van der Waals surface area contributed by atoms with Crippen molar-refractivity contribution in [2.45, 2.75) is 20.3 Å². The van der Waals surface area contributed by atoms with Gasteiger partial charge in [0.15, 0.2) is 0 Å². The van der Waals surface area contributed by atoms with Crippen molar-refractivity contribution in [1.29, 1.82) is 0 Å². The first-order chi connectivity index (χ1) is 17.0. The van der Waals surface area contributed by atoms with Crippen molar-refractivity contribution in [3.8, 4) is 11.1 Å². The van der Waals surface area contributed by atoms with Crippen LogP contribution in [0.2, 0.25) is 0 Å². The van der Waals surface area contributed by atoms with Gasteiger partial charge in [0.05, 0.1) is 5.69 Å². The van der Waals surface area contributed by atoms with Crippen molar-refractivity contribution in [1.82, 2.24) is 15.6 Å². The molecule has 2 aromatic heterocycles. The molecule has 1 fully saturated rings. The van der Waals surface area contributed by atoms with E-state index in [0.717, 1.165) is 48.5 Å². The van der Waals surface area contributed by atoms with Gasteiger partial charge in [0.25, 0.3) is 5.91 Å². The van der Waals surface area contributed by atoms with E-state index in [1.165, 1.54) is 39.3 Å². The van der Waals surface area contributed by atoms with Crippen LogP contribution in [-0.2, 0) is 6.42 Å². The minimum atomic E-state index is -0.139. The summed E-state index contributed by atoms with van der Waals surface area (Å²) in [6, 6.07) is 19.3. The van der Waals surface area contributed by atoms with E-state index in [4.69, 9.17) is 5.73 Å². The number of aryl methyl sites for hydroxylation is 2. The lowest BCUT2D eigenvalue weighted by molar-refractivity contribution is 0.0959. The Morgan fingerprint density at radius 2 is 1.86 bits per heavy atom. The van der Waals surface area contributed by atoms with Crippen molar-refractivity contribution in [3.63, 3.8) is 0 Å². The molecule has 1 saturated heterocycles. The van der Waals surface area contributed by atoms with Gasteiger partial charge in [-0.15, -0.1) is 11.3 Å². The molecule has 5 rings (SSSR count). The first kappa shape index (κ1) is 23.3. The van der Waals surface area contributed by atoms with Crippen molar-refractivity contribution < 1.29 is 4.79 Å². The summed E-state index contributed by atoms with van der Waals surface area (Å²) in [6.45, 7) is 8.58. The number of nitrogens with one attached hydrogen (secondary N) is 2. The van der Waals surface area contributed by atoms with Crippen LogP contribution in [0.5, 0.6) is 0 Å². The average Bonchev–Trinajstić information content (AvgIpc) is 3.20. The average molecular weight is 486 g/mol. The Morgan fingerprint density at radius 1 is 1.09 bits per heavy atom. The van der Waals surface area contributed by atoms with Gasteiger partial charge >= 0.3 is 0 Å². The zero-order valence-corrected chi connectivity index (χ0v) is 21.0. The number of amides is 1. The van der Waals surface area contributed by atoms with E-state index in [9.17, 15) is 4.79 Å². The number of piperazine rings is 1. The summed E-state index contributed by atoms with van der Waals surface area (Å²) in [6.07, 6.45) is 0.745. The molecule has 1 aliphatic heterocycles. The lowest BCUT2D eigenvalue weighted by atomic mass is 9.97. The van der Waals surface area contributed by atoms with E-state index < -0.39 is 0 Å². The number of nitrogens with two attached hydrogens (primary N) is 1. The Bertz CT molecular complexity index is 1360. The highest BCUT2D eigenvalue weighted by atomic mass is 32.1. The number of benzene rings is 2. The first-order valence-corrected chi connectivity index (χ1v) is 12.9. The first-order valence-electron chi connectivity index (χ1n) is 12.1. The molecule has 0 unspecified atom stereocenters. The Morgan fingerprint density at radius 3 is 2.63 bits per heavy atom. The monoisotopic (exact) mass is 485 g/mol. The van der Waals surface area contributed by atoms with Crippen LogP contribution in [0.4, 0.5) is 11.4 Å². The molecule has 0 aliphatic carbocycles. The van der Waals surface area contributed by atoms with Gasteiger partial charge in [-0.05, 0) is 55.7 Å². The SMILES string of the molecule is Cc1ccc(-c2cc(CCNC(=O)c3sc4nc(C)ccc4c3N)ccc2N2CCNCC2)cc1. The molecule has 0 bridgehead atoms. The topological polar surface area (TPSA) is 83.3 Å². The molecule has 6 nitrogen and oxygen atoms in total. The summed E-state index contributed by atoms with van der Waals surface area (Å²) in [4.78, 5) is 21.2. The van der Waals surface area contributed by atoms with Crippen molar-refractivity contribution >= 4 is 38.8 Å². The van der Waals surface area contributed by atoms with Crippen molar-refractivity contribution in [3.05, 3.63) is 76.3 Å². The molecule has 0 saturated carbocycles. The highest BCUT2D eigenvalue weighted by molar-refractivity contribution is 7.21. The van der Waals surface area contributed by atoms with E-state index in [-0.39, 0.29) is 5.91 Å². The molecule has 3 heterocycles. The van der Waals surface area contributed by atoms with Crippen LogP contribution in [-0.4, -0.2) is 43.6 Å². The van der Waals surface area contributed by atoms with Crippen LogP contribution >= 0.6 is 11.3 Å². The third-order valence-corrected chi connectivity index (χ3v) is 7.63. The number of carbonyl (C=O) groups is 1. The Balaban J connectivity index is 1.33. The second kappa shape index (κ2) is 10.1.